The molecule has 0 atom stereocenters. The maximum atomic E-state index is 12.9. The lowest BCUT2D eigenvalue weighted by Gasteiger charge is -2.35. The SMILES string of the molecule is O=C(Nc1ccc(N2CCN(C(=O)COc3ccc(Cl)cc3)CC2)nc1)c1cccc(C(F)(F)F)c1. The Balaban J connectivity index is 1.27. The van der Waals surface area contributed by atoms with Gasteiger partial charge in [-0.15, -0.1) is 0 Å². The van der Waals surface area contributed by atoms with Gasteiger partial charge in [0.25, 0.3) is 11.8 Å². The van der Waals surface area contributed by atoms with Crippen molar-refractivity contribution in [3.8, 4) is 5.75 Å². The number of pyridine rings is 1. The summed E-state index contributed by atoms with van der Waals surface area (Å²) in [6, 6.07) is 14.3. The minimum absolute atomic E-state index is 0.0693. The van der Waals surface area contributed by atoms with Crippen LogP contribution in [0, 0.1) is 0 Å². The van der Waals surface area contributed by atoms with Gasteiger partial charge in [-0.3, -0.25) is 9.59 Å². The first-order valence-electron chi connectivity index (χ1n) is 11.0. The van der Waals surface area contributed by atoms with Crippen molar-refractivity contribution in [1.29, 1.82) is 0 Å². The van der Waals surface area contributed by atoms with Gasteiger partial charge in [0.05, 0.1) is 17.4 Å². The summed E-state index contributed by atoms with van der Waals surface area (Å²) in [5.74, 6) is 0.446. The zero-order valence-corrected chi connectivity index (χ0v) is 19.7. The van der Waals surface area contributed by atoms with Crippen molar-refractivity contribution in [3.05, 3.63) is 83.0 Å². The van der Waals surface area contributed by atoms with Gasteiger partial charge in [0.1, 0.15) is 11.6 Å². The van der Waals surface area contributed by atoms with Gasteiger partial charge in [-0.25, -0.2) is 4.98 Å². The summed E-state index contributed by atoms with van der Waals surface area (Å²) in [4.78, 5) is 32.9. The zero-order chi connectivity index (χ0) is 25.7. The summed E-state index contributed by atoms with van der Waals surface area (Å²) in [6.07, 6.45) is -3.09. The molecule has 2 aromatic carbocycles. The minimum atomic E-state index is -4.53. The van der Waals surface area contributed by atoms with Crippen molar-refractivity contribution in [3.63, 3.8) is 0 Å². The van der Waals surface area contributed by atoms with Gasteiger partial charge in [-0.1, -0.05) is 17.7 Å². The van der Waals surface area contributed by atoms with E-state index in [-0.39, 0.29) is 18.1 Å². The van der Waals surface area contributed by atoms with E-state index in [9.17, 15) is 22.8 Å². The Bertz CT molecular complexity index is 1210. The molecule has 0 saturated carbocycles. The van der Waals surface area contributed by atoms with Crippen LogP contribution in [-0.4, -0.2) is 54.5 Å². The predicted molar refractivity (Wildman–Crippen MR) is 129 cm³/mol. The van der Waals surface area contributed by atoms with Gasteiger partial charge < -0.3 is 19.9 Å². The normalized spacial score (nSPS) is 13.9. The van der Waals surface area contributed by atoms with Crippen LogP contribution in [0.4, 0.5) is 24.7 Å². The van der Waals surface area contributed by atoms with E-state index in [0.29, 0.717) is 48.5 Å². The van der Waals surface area contributed by atoms with Crippen LogP contribution in [-0.2, 0) is 11.0 Å². The predicted octanol–water partition coefficient (Wildman–Crippen LogP) is 4.73. The number of piperazine rings is 1. The number of halogens is 4. The van der Waals surface area contributed by atoms with Crippen LogP contribution in [0.3, 0.4) is 0 Å². The molecule has 1 saturated heterocycles. The van der Waals surface area contributed by atoms with Crippen molar-refractivity contribution in [1.82, 2.24) is 9.88 Å². The summed E-state index contributed by atoms with van der Waals surface area (Å²) in [6.45, 7) is 2.06. The van der Waals surface area contributed by atoms with Gasteiger partial charge in [-0.2, -0.15) is 13.2 Å². The molecule has 11 heteroatoms. The highest BCUT2D eigenvalue weighted by Gasteiger charge is 2.31. The van der Waals surface area contributed by atoms with Crippen molar-refractivity contribution >= 4 is 34.9 Å². The van der Waals surface area contributed by atoms with Crippen LogP contribution in [0.2, 0.25) is 5.02 Å². The van der Waals surface area contributed by atoms with Gasteiger partial charge >= 0.3 is 6.18 Å². The summed E-state index contributed by atoms with van der Waals surface area (Å²) in [5, 5.41) is 3.15. The number of rotatable bonds is 6. The molecule has 0 radical (unpaired) electrons. The Morgan fingerprint density at radius 2 is 1.72 bits per heavy atom. The Morgan fingerprint density at radius 1 is 1.00 bits per heavy atom. The molecule has 1 N–H and O–H groups in total. The second-order valence-electron chi connectivity index (χ2n) is 8.05. The molecule has 188 valence electrons. The molecule has 4 rings (SSSR count). The average Bonchev–Trinajstić information content (AvgIpc) is 2.88. The van der Waals surface area contributed by atoms with Crippen LogP contribution in [0.15, 0.2) is 66.9 Å². The summed E-state index contributed by atoms with van der Waals surface area (Å²) in [7, 11) is 0. The maximum Gasteiger partial charge on any atom is 0.416 e. The molecule has 0 unspecified atom stereocenters. The molecular weight excluding hydrogens is 497 g/mol. The number of carbonyl (C=O) groups is 2. The molecule has 3 aromatic rings. The fourth-order valence-electron chi connectivity index (χ4n) is 3.64. The third kappa shape index (κ3) is 6.45. The number of anilines is 2. The number of aromatic nitrogens is 1. The standard InChI is InChI=1S/C25H22ClF3N4O3/c26-19-4-7-21(8-5-19)36-16-23(34)33-12-10-32(11-13-33)22-9-6-20(15-30-22)31-24(35)17-2-1-3-18(14-17)25(27,28)29/h1-9,14-15H,10-13,16H2,(H,31,35). The largest absolute Gasteiger partial charge is 0.484 e. The lowest BCUT2D eigenvalue weighted by Crippen LogP contribution is -2.50. The van der Waals surface area contributed by atoms with E-state index < -0.39 is 17.6 Å². The van der Waals surface area contributed by atoms with Crippen molar-refractivity contribution in [2.45, 2.75) is 6.18 Å². The number of alkyl halides is 3. The monoisotopic (exact) mass is 518 g/mol. The number of hydrogen-bond acceptors (Lipinski definition) is 5. The van der Waals surface area contributed by atoms with Gasteiger partial charge in [-0.05, 0) is 54.6 Å². The highest BCUT2D eigenvalue weighted by Crippen LogP contribution is 2.29. The molecule has 0 aliphatic carbocycles. The first-order valence-corrected chi connectivity index (χ1v) is 11.4. The third-order valence-corrected chi connectivity index (χ3v) is 5.84. The molecule has 1 aliphatic rings. The molecule has 1 fully saturated rings. The number of amides is 2. The molecule has 36 heavy (non-hydrogen) atoms. The highest BCUT2D eigenvalue weighted by molar-refractivity contribution is 6.30. The molecule has 7 nitrogen and oxygen atoms in total. The lowest BCUT2D eigenvalue weighted by molar-refractivity contribution is -0.137. The summed E-state index contributed by atoms with van der Waals surface area (Å²) < 4.78 is 44.2. The van der Waals surface area contributed by atoms with E-state index in [1.54, 1.807) is 41.3 Å². The van der Waals surface area contributed by atoms with Crippen molar-refractivity contribution < 1.29 is 27.5 Å². The smallest absolute Gasteiger partial charge is 0.416 e. The van der Waals surface area contributed by atoms with E-state index in [2.05, 4.69) is 10.3 Å². The van der Waals surface area contributed by atoms with E-state index in [0.717, 1.165) is 12.1 Å². The molecular formula is C25H22ClF3N4O3. The molecule has 2 heterocycles. The van der Waals surface area contributed by atoms with Gasteiger partial charge in [0, 0.05) is 36.8 Å². The molecule has 1 aromatic heterocycles. The van der Waals surface area contributed by atoms with E-state index in [4.69, 9.17) is 16.3 Å². The quantitative estimate of drug-likeness (QED) is 0.510. The van der Waals surface area contributed by atoms with Crippen molar-refractivity contribution in [2.75, 3.05) is 43.0 Å². The van der Waals surface area contributed by atoms with Crippen LogP contribution in [0.1, 0.15) is 15.9 Å². The van der Waals surface area contributed by atoms with Crippen LogP contribution in [0.5, 0.6) is 5.75 Å². The first kappa shape index (κ1) is 25.3. The molecule has 1 aliphatic heterocycles. The summed E-state index contributed by atoms with van der Waals surface area (Å²) >= 11 is 5.84. The van der Waals surface area contributed by atoms with Crippen LogP contribution < -0.4 is 15.0 Å². The fraction of sp³-hybridized carbons (Fsp3) is 0.240. The van der Waals surface area contributed by atoms with Crippen LogP contribution >= 0.6 is 11.6 Å². The first-order chi connectivity index (χ1) is 17.2. The van der Waals surface area contributed by atoms with Crippen molar-refractivity contribution in [2.24, 2.45) is 0 Å². The number of ether oxygens (including phenoxy) is 1. The van der Waals surface area contributed by atoms with Gasteiger partial charge in [0.2, 0.25) is 0 Å². The highest BCUT2D eigenvalue weighted by atomic mass is 35.5. The van der Waals surface area contributed by atoms with E-state index in [1.807, 2.05) is 4.90 Å². The molecule has 2 amide bonds. The topological polar surface area (TPSA) is 74.8 Å². The second-order valence-corrected chi connectivity index (χ2v) is 8.48. The Kier molecular flexibility index (Phi) is 7.64. The summed E-state index contributed by atoms with van der Waals surface area (Å²) in [5.41, 5.74) is -0.637. The molecule has 0 bridgehead atoms. The minimum Gasteiger partial charge on any atom is -0.484 e. The number of benzene rings is 2. The number of hydrogen-bond donors (Lipinski definition) is 1. The van der Waals surface area contributed by atoms with E-state index >= 15 is 0 Å². The Morgan fingerprint density at radius 3 is 2.36 bits per heavy atom. The average molecular weight is 519 g/mol. The fourth-order valence-corrected chi connectivity index (χ4v) is 3.77. The van der Waals surface area contributed by atoms with Crippen LogP contribution in [0.25, 0.3) is 0 Å². The number of nitrogens with zero attached hydrogens (tertiary/aromatic N) is 3. The zero-order valence-electron chi connectivity index (χ0n) is 19.0. The number of nitrogens with one attached hydrogen (secondary N) is 1. The van der Waals surface area contributed by atoms with E-state index in [1.165, 1.54) is 18.3 Å². The lowest BCUT2D eigenvalue weighted by atomic mass is 10.1. The second kappa shape index (κ2) is 10.9. The Labute approximate surface area is 210 Å². The molecule has 0 spiro atoms. The van der Waals surface area contributed by atoms with Gasteiger partial charge in [0.15, 0.2) is 6.61 Å². The third-order valence-electron chi connectivity index (χ3n) is 5.59. The maximum absolute atomic E-state index is 12.9. The number of carbonyl (C=O) groups excluding carboxylic acids is 2. The Hall–Kier alpha value is -3.79.